The van der Waals surface area contributed by atoms with Gasteiger partial charge in [-0.3, -0.25) is 25.2 Å². The van der Waals surface area contributed by atoms with Crippen molar-refractivity contribution in [2.75, 3.05) is 26.3 Å². The third kappa shape index (κ3) is 7.30. The molecule has 8 heteroatoms. The number of nitrogens with zero attached hydrogens (tertiary/aromatic N) is 1. The zero-order valence-corrected chi connectivity index (χ0v) is 18.2. The van der Waals surface area contributed by atoms with Gasteiger partial charge in [0.25, 0.3) is 5.91 Å². The molecule has 3 amide bonds. The van der Waals surface area contributed by atoms with Crippen molar-refractivity contribution in [2.24, 2.45) is 5.92 Å². The van der Waals surface area contributed by atoms with Gasteiger partial charge >= 0.3 is 0 Å². The molecule has 1 aliphatic heterocycles. The van der Waals surface area contributed by atoms with Crippen LogP contribution in [0.15, 0.2) is 54.6 Å². The quantitative estimate of drug-likeness (QED) is 0.615. The molecule has 0 spiro atoms. The van der Waals surface area contributed by atoms with Crippen LogP contribution in [-0.2, 0) is 14.4 Å². The number of piperidine rings is 1. The van der Waals surface area contributed by atoms with Crippen LogP contribution in [0.25, 0.3) is 0 Å². The number of benzene rings is 2. The molecule has 0 aromatic heterocycles. The van der Waals surface area contributed by atoms with E-state index in [-0.39, 0.29) is 37.4 Å². The maximum atomic E-state index is 12.5. The zero-order chi connectivity index (χ0) is 22.8. The number of ether oxygens (including phenoxy) is 2. The maximum Gasteiger partial charge on any atom is 0.276 e. The number of hydrogen-bond acceptors (Lipinski definition) is 5. The van der Waals surface area contributed by atoms with E-state index in [1.807, 2.05) is 55.5 Å². The van der Waals surface area contributed by atoms with E-state index in [1.165, 1.54) is 0 Å². The minimum atomic E-state index is -0.457. The third-order valence-corrected chi connectivity index (χ3v) is 5.16. The Bertz CT molecular complexity index is 919. The van der Waals surface area contributed by atoms with E-state index in [9.17, 15) is 14.4 Å². The molecule has 1 fully saturated rings. The highest BCUT2D eigenvalue weighted by Crippen LogP contribution is 2.18. The highest BCUT2D eigenvalue weighted by atomic mass is 16.5. The Kier molecular flexibility index (Phi) is 8.48. The molecule has 1 saturated heterocycles. The Labute approximate surface area is 187 Å². The van der Waals surface area contributed by atoms with Crippen LogP contribution >= 0.6 is 0 Å². The number of carbonyl (C=O) groups is 3. The highest BCUT2D eigenvalue weighted by Gasteiger charge is 2.28. The summed E-state index contributed by atoms with van der Waals surface area (Å²) in [5.41, 5.74) is 5.84. The number of hydrazine groups is 1. The number of rotatable bonds is 8. The van der Waals surface area contributed by atoms with Gasteiger partial charge in [-0.1, -0.05) is 30.3 Å². The molecule has 170 valence electrons. The van der Waals surface area contributed by atoms with Crippen LogP contribution in [0.3, 0.4) is 0 Å². The van der Waals surface area contributed by atoms with Gasteiger partial charge in [0.15, 0.2) is 6.61 Å². The fourth-order valence-corrected chi connectivity index (χ4v) is 3.47. The summed E-state index contributed by atoms with van der Waals surface area (Å²) in [5.74, 6) is 0.117. The second kappa shape index (κ2) is 11.7. The van der Waals surface area contributed by atoms with Crippen molar-refractivity contribution in [3.05, 3.63) is 60.2 Å². The Balaban J connectivity index is 1.36. The van der Waals surface area contributed by atoms with Crippen molar-refractivity contribution < 1.29 is 23.9 Å². The molecular formula is C24H29N3O5. The first-order valence-corrected chi connectivity index (χ1v) is 10.7. The van der Waals surface area contributed by atoms with Gasteiger partial charge in [0.05, 0.1) is 18.9 Å². The number of nitrogens with one attached hydrogen (secondary N) is 2. The lowest BCUT2D eigenvalue weighted by atomic mass is 9.97. The smallest absolute Gasteiger partial charge is 0.276 e. The zero-order valence-electron chi connectivity index (χ0n) is 18.2. The van der Waals surface area contributed by atoms with Crippen LogP contribution < -0.4 is 20.3 Å². The molecule has 0 saturated carbocycles. The summed E-state index contributed by atoms with van der Waals surface area (Å²) >= 11 is 0. The maximum absolute atomic E-state index is 12.5. The molecule has 32 heavy (non-hydrogen) atoms. The van der Waals surface area contributed by atoms with Crippen molar-refractivity contribution in [3.8, 4) is 11.5 Å². The molecule has 1 unspecified atom stereocenters. The minimum absolute atomic E-state index is 0.0472. The molecule has 0 radical (unpaired) electrons. The van der Waals surface area contributed by atoms with Gasteiger partial charge in [0.1, 0.15) is 11.5 Å². The van der Waals surface area contributed by atoms with E-state index in [1.54, 1.807) is 11.0 Å². The molecule has 2 aromatic rings. The van der Waals surface area contributed by atoms with E-state index in [0.29, 0.717) is 25.3 Å². The Morgan fingerprint density at radius 3 is 2.56 bits per heavy atom. The molecule has 0 aliphatic carbocycles. The van der Waals surface area contributed by atoms with Crippen LogP contribution in [-0.4, -0.2) is 48.9 Å². The monoisotopic (exact) mass is 439 g/mol. The van der Waals surface area contributed by atoms with Crippen molar-refractivity contribution >= 4 is 17.7 Å². The minimum Gasteiger partial charge on any atom is -0.493 e. The summed E-state index contributed by atoms with van der Waals surface area (Å²) in [5, 5.41) is 0. The second-order valence-corrected chi connectivity index (χ2v) is 7.73. The molecule has 1 heterocycles. The highest BCUT2D eigenvalue weighted by molar-refractivity contribution is 5.85. The molecule has 1 atom stereocenters. The topological polar surface area (TPSA) is 97.0 Å². The molecular weight excluding hydrogens is 410 g/mol. The lowest BCUT2D eigenvalue weighted by Crippen LogP contribution is -2.50. The van der Waals surface area contributed by atoms with E-state index < -0.39 is 5.91 Å². The lowest BCUT2D eigenvalue weighted by molar-refractivity contribution is -0.138. The largest absolute Gasteiger partial charge is 0.493 e. The molecule has 3 rings (SSSR count). The first-order chi connectivity index (χ1) is 15.5. The average Bonchev–Trinajstić information content (AvgIpc) is 2.82. The number of aryl methyl sites for hydroxylation is 1. The Hall–Kier alpha value is -3.55. The predicted octanol–water partition coefficient (Wildman–Crippen LogP) is 2.23. The van der Waals surface area contributed by atoms with Crippen LogP contribution in [0, 0.1) is 12.8 Å². The van der Waals surface area contributed by atoms with Gasteiger partial charge in [0.2, 0.25) is 11.8 Å². The number of carbonyl (C=O) groups excluding carboxylic acids is 3. The predicted molar refractivity (Wildman–Crippen MR) is 119 cm³/mol. The summed E-state index contributed by atoms with van der Waals surface area (Å²) in [6.45, 7) is 2.95. The van der Waals surface area contributed by atoms with Gasteiger partial charge in [-0.05, 0) is 49.6 Å². The number of hydrogen-bond donors (Lipinski definition) is 2. The van der Waals surface area contributed by atoms with Crippen LogP contribution in [0.1, 0.15) is 24.8 Å². The number of para-hydroxylation sites is 1. The van der Waals surface area contributed by atoms with Crippen molar-refractivity contribution in [2.45, 2.75) is 26.2 Å². The lowest BCUT2D eigenvalue weighted by Gasteiger charge is -2.32. The summed E-state index contributed by atoms with van der Waals surface area (Å²) in [7, 11) is 0. The Morgan fingerprint density at radius 1 is 1.00 bits per heavy atom. The van der Waals surface area contributed by atoms with Gasteiger partial charge in [-0.25, -0.2) is 0 Å². The molecule has 0 bridgehead atoms. The third-order valence-electron chi connectivity index (χ3n) is 5.16. The van der Waals surface area contributed by atoms with E-state index in [0.717, 1.165) is 17.7 Å². The summed E-state index contributed by atoms with van der Waals surface area (Å²) < 4.78 is 11.0. The van der Waals surface area contributed by atoms with Crippen LogP contribution in [0.4, 0.5) is 0 Å². The summed E-state index contributed by atoms with van der Waals surface area (Å²) in [6.07, 6.45) is 1.63. The van der Waals surface area contributed by atoms with Gasteiger partial charge in [-0.2, -0.15) is 0 Å². The van der Waals surface area contributed by atoms with Crippen LogP contribution in [0.5, 0.6) is 11.5 Å². The Morgan fingerprint density at radius 2 is 1.78 bits per heavy atom. The van der Waals surface area contributed by atoms with Gasteiger partial charge in [0, 0.05) is 13.1 Å². The second-order valence-electron chi connectivity index (χ2n) is 7.73. The molecule has 2 aromatic carbocycles. The van der Waals surface area contributed by atoms with Crippen LogP contribution in [0.2, 0.25) is 0 Å². The average molecular weight is 440 g/mol. The molecule has 1 aliphatic rings. The van der Waals surface area contributed by atoms with Crippen molar-refractivity contribution in [1.82, 2.24) is 15.8 Å². The van der Waals surface area contributed by atoms with Gasteiger partial charge in [-0.15, -0.1) is 0 Å². The fourth-order valence-electron chi connectivity index (χ4n) is 3.47. The van der Waals surface area contributed by atoms with E-state index in [2.05, 4.69) is 10.9 Å². The molecule has 2 N–H and O–H groups in total. The molecule has 8 nitrogen and oxygen atoms in total. The van der Waals surface area contributed by atoms with Crippen molar-refractivity contribution in [1.29, 1.82) is 0 Å². The van der Waals surface area contributed by atoms with Crippen molar-refractivity contribution in [3.63, 3.8) is 0 Å². The normalized spacial score (nSPS) is 15.5. The van der Waals surface area contributed by atoms with Gasteiger partial charge < -0.3 is 14.4 Å². The summed E-state index contributed by atoms with van der Waals surface area (Å²) in [4.78, 5) is 38.6. The SMILES string of the molecule is Cc1cccc(OCC(=O)NNC(=O)C2CCCN(C(=O)CCOc3ccccc3)C2)c1. The standard InChI is InChI=1S/C24H29N3O5/c1-18-7-5-11-21(15-18)32-17-22(28)25-26-24(30)19-8-6-13-27(16-19)23(29)12-14-31-20-9-3-2-4-10-20/h2-5,7,9-11,15,19H,6,8,12-14,16-17H2,1H3,(H,25,28)(H,26,30). The van der Waals surface area contributed by atoms with E-state index >= 15 is 0 Å². The summed E-state index contributed by atoms with van der Waals surface area (Å²) in [6, 6.07) is 16.7. The van der Waals surface area contributed by atoms with E-state index in [4.69, 9.17) is 9.47 Å². The number of likely N-dealkylation sites (tertiary alicyclic amines) is 1. The number of amides is 3. The first kappa shape index (κ1) is 23.1. The fraction of sp³-hybridized carbons (Fsp3) is 0.375. The first-order valence-electron chi connectivity index (χ1n) is 10.7.